The molecule has 1 heterocycles. The van der Waals surface area contributed by atoms with Gasteiger partial charge in [-0.1, -0.05) is 0 Å². The Kier molecular flexibility index (Phi) is 7.05. The van der Waals surface area contributed by atoms with Gasteiger partial charge in [-0.25, -0.2) is 0 Å². The highest BCUT2D eigenvalue weighted by atomic mass is 28.4. The summed E-state index contributed by atoms with van der Waals surface area (Å²) in [6.07, 6.45) is -10.3. The van der Waals surface area contributed by atoms with Gasteiger partial charge in [-0.3, -0.25) is 0 Å². The van der Waals surface area contributed by atoms with Crippen LogP contribution in [0.1, 0.15) is 12.8 Å². The van der Waals surface area contributed by atoms with Crippen molar-refractivity contribution in [1.29, 1.82) is 0 Å². The van der Waals surface area contributed by atoms with Crippen molar-refractivity contribution in [2.24, 2.45) is 0 Å². The number of hydrogen-bond acceptors (Lipinski definition) is 4. The van der Waals surface area contributed by atoms with Gasteiger partial charge in [-0.15, -0.1) is 0 Å². The van der Waals surface area contributed by atoms with E-state index >= 15 is 0 Å². The van der Waals surface area contributed by atoms with Gasteiger partial charge in [0.2, 0.25) is 0 Å². The molecule has 1 atom stereocenters. The molecule has 0 aromatic rings. The summed E-state index contributed by atoms with van der Waals surface area (Å²) >= 11 is 0. The van der Waals surface area contributed by atoms with Crippen LogP contribution in [-0.4, -0.2) is 66.2 Å². The van der Waals surface area contributed by atoms with E-state index in [2.05, 4.69) is 5.32 Å². The first-order valence-corrected chi connectivity index (χ1v) is 9.28. The highest BCUT2D eigenvalue weighted by Gasteiger charge is 2.81. The van der Waals surface area contributed by atoms with Crippen LogP contribution in [0.4, 0.5) is 39.5 Å². The van der Waals surface area contributed by atoms with Gasteiger partial charge < -0.3 is 18.6 Å². The second-order valence-electron chi connectivity index (χ2n) is 5.69. The van der Waals surface area contributed by atoms with Crippen LogP contribution in [0.2, 0.25) is 6.04 Å². The molecule has 1 rings (SSSR count). The lowest BCUT2D eigenvalue weighted by Gasteiger charge is -2.38. The molecule has 0 saturated carbocycles. The number of alkyl halides is 9. The van der Waals surface area contributed by atoms with Gasteiger partial charge in [0.1, 0.15) is 0 Å². The summed E-state index contributed by atoms with van der Waals surface area (Å²) in [4.78, 5) is 0. The third kappa shape index (κ3) is 4.46. The zero-order chi connectivity index (χ0) is 20.4. The monoisotopic (exact) mass is 423 g/mol. The van der Waals surface area contributed by atoms with Crippen molar-refractivity contribution in [3.8, 4) is 0 Å². The Hall–Kier alpha value is -0.573. The molecule has 1 saturated heterocycles. The zero-order valence-electron chi connectivity index (χ0n) is 13.7. The van der Waals surface area contributed by atoms with E-state index < -0.39 is 51.8 Å². The van der Waals surface area contributed by atoms with Crippen LogP contribution in [0.5, 0.6) is 0 Å². The number of halogens is 9. The molecular formula is C12H18F9NO3Si. The van der Waals surface area contributed by atoms with Crippen molar-refractivity contribution in [2.75, 3.05) is 27.3 Å². The Balaban J connectivity index is 3.08. The van der Waals surface area contributed by atoms with E-state index in [1.165, 1.54) is 0 Å². The summed E-state index contributed by atoms with van der Waals surface area (Å²) in [6, 6.07) is 0.115. The summed E-state index contributed by atoms with van der Waals surface area (Å²) in [5.41, 5.74) is 0. The molecule has 0 amide bonds. The van der Waals surface area contributed by atoms with E-state index in [-0.39, 0.29) is 12.6 Å². The molecule has 0 aliphatic carbocycles. The van der Waals surface area contributed by atoms with E-state index in [9.17, 15) is 39.5 Å². The third-order valence-electron chi connectivity index (χ3n) is 3.87. The molecule has 26 heavy (non-hydrogen) atoms. The van der Waals surface area contributed by atoms with Crippen molar-refractivity contribution in [3.63, 3.8) is 0 Å². The number of rotatable bonds is 6. The predicted molar refractivity (Wildman–Crippen MR) is 72.5 cm³/mol. The fraction of sp³-hybridized carbons (Fsp3) is 1.00. The van der Waals surface area contributed by atoms with Crippen molar-refractivity contribution >= 4 is 8.80 Å². The molecule has 0 bridgehead atoms. The summed E-state index contributed by atoms with van der Waals surface area (Å²) in [6.45, 7) is -0.243. The first-order valence-electron chi connectivity index (χ1n) is 7.35. The highest BCUT2D eigenvalue weighted by Crippen LogP contribution is 2.54. The average Bonchev–Trinajstić information content (AvgIpc) is 2.48. The maximum atomic E-state index is 13.8. The lowest BCUT2D eigenvalue weighted by Crippen LogP contribution is -2.62. The van der Waals surface area contributed by atoms with Gasteiger partial charge in [0, 0.05) is 33.2 Å². The molecule has 1 N–H and O–H groups in total. The predicted octanol–water partition coefficient (Wildman–Crippen LogP) is 3.45. The van der Waals surface area contributed by atoms with Crippen molar-refractivity contribution in [2.45, 2.75) is 48.9 Å². The smallest absolute Gasteiger partial charge is 0.377 e. The summed E-state index contributed by atoms with van der Waals surface area (Å²) in [5.74, 6) is -19.3. The SMILES string of the molecule is CO[Si]1(OC)CCCNCC(CC(F)(F)C(F)(F)C(F)(F)C(F)(F)F)O1. The molecule has 1 aliphatic heterocycles. The summed E-state index contributed by atoms with van der Waals surface area (Å²) in [7, 11) is -1.28. The minimum atomic E-state index is -6.92. The number of nitrogens with one attached hydrogen (secondary N) is 1. The maximum Gasteiger partial charge on any atom is 0.500 e. The molecule has 0 spiro atoms. The van der Waals surface area contributed by atoms with Crippen LogP contribution in [0.15, 0.2) is 0 Å². The minimum Gasteiger partial charge on any atom is -0.377 e. The average molecular weight is 423 g/mol. The van der Waals surface area contributed by atoms with Crippen LogP contribution in [-0.2, 0) is 13.3 Å². The van der Waals surface area contributed by atoms with Gasteiger partial charge in [0.25, 0.3) is 0 Å². The molecule has 0 aromatic heterocycles. The quantitative estimate of drug-likeness (QED) is 0.525. The lowest BCUT2D eigenvalue weighted by atomic mass is 9.98. The van der Waals surface area contributed by atoms with Crippen molar-refractivity contribution in [1.82, 2.24) is 5.32 Å². The van der Waals surface area contributed by atoms with Gasteiger partial charge in [-0.2, -0.15) is 39.5 Å². The Morgan fingerprint density at radius 2 is 1.50 bits per heavy atom. The second-order valence-corrected chi connectivity index (χ2v) is 8.61. The van der Waals surface area contributed by atoms with E-state index in [1.807, 2.05) is 0 Å². The summed E-state index contributed by atoms with van der Waals surface area (Å²) in [5, 5.41) is 2.56. The molecule has 0 aromatic carbocycles. The Bertz CT molecular complexity index is 471. The number of hydrogen-bond donors (Lipinski definition) is 1. The molecule has 156 valence electrons. The fourth-order valence-electron chi connectivity index (χ4n) is 2.37. The van der Waals surface area contributed by atoms with E-state index in [1.54, 1.807) is 0 Å². The van der Waals surface area contributed by atoms with Crippen LogP contribution in [0.25, 0.3) is 0 Å². The van der Waals surface area contributed by atoms with Gasteiger partial charge >= 0.3 is 32.7 Å². The van der Waals surface area contributed by atoms with Crippen LogP contribution < -0.4 is 5.32 Å². The highest BCUT2D eigenvalue weighted by molar-refractivity contribution is 6.60. The summed E-state index contributed by atoms with van der Waals surface area (Å²) < 4.78 is 132. The maximum absolute atomic E-state index is 13.8. The first kappa shape index (κ1) is 23.5. The lowest BCUT2D eigenvalue weighted by molar-refractivity contribution is -0.398. The minimum absolute atomic E-state index is 0.115. The van der Waals surface area contributed by atoms with Crippen molar-refractivity contribution < 1.29 is 52.8 Å². The Morgan fingerprint density at radius 1 is 0.962 bits per heavy atom. The van der Waals surface area contributed by atoms with Crippen LogP contribution in [0.3, 0.4) is 0 Å². The topological polar surface area (TPSA) is 39.7 Å². The first-order chi connectivity index (χ1) is 11.7. The Labute approximate surface area is 144 Å². The molecule has 1 aliphatic rings. The van der Waals surface area contributed by atoms with E-state index in [0.717, 1.165) is 14.2 Å². The molecule has 1 fully saturated rings. The zero-order valence-corrected chi connectivity index (χ0v) is 14.7. The van der Waals surface area contributed by atoms with Crippen molar-refractivity contribution in [3.05, 3.63) is 0 Å². The normalized spacial score (nSPS) is 23.4. The van der Waals surface area contributed by atoms with Crippen LogP contribution >= 0.6 is 0 Å². The largest absolute Gasteiger partial charge is 0.500 e. The third-order valence-corrected chi connectivity index (χ3v) is 6.77. The van der Waals surface area contributed by atoms with Gasteiger partial charge in [-0.05, 0) is 13.0 Å². The standard InChI is InChI=1S/C12H18F9NO3Si/c1-23-26(24-2)5-3-4-22-7-8(25-26)6-9(13,14)10(15,16)11(17,18)12(19,20)21/h8,22H,3-7H2,1-2H3. The molecule has 14 heteroatoms. The van der Waals surface area contributed by atoms with Crippen LogP contribution in [0, 0.1) is 0 Å². The van der Waals surface area contributed by atoms with Gasteiger partial charge in [0.05, 0.1) is 6.10 Å². The Morgan fingerprint density at radius 3 is 1.96 bits per heavy atom. The molecule has 4 nitrogen and oxygen atoms in total. The van der Waals surface area contributed by atoms with Gasteiger partial charge in [0.15, 0.2) is 0 Å². The molecule has 1 unspecified atom stereocenters. The second kappa shape index (κ2) is 7.81. The van der Waals surface area contributed by atoms with E-state index in [4.69, 9.17) is 13.3 Å². The van der Waals surface area contributed by atoms with E-state index in [0.29, 0.717) is 6.42 Å². The molecular weight excluding hydrogens is 405 g/mol. The fourth-order valence-corrected chi connectivity index (χ4v) is 4.54. The molecule has 0 radical (unpaired) electrons.